The van der Waals surface area contributed by atoms with Crippen LogP contribution in [-0.2, 0) is 23.1 Å². The lowest BCUT2D eigenvalue weighted by molar-refractivity contribution is -0.124. The Hall–Kier alpha value is -0.480. The maximum absolute atomic E-state index is 11.9. The Kier molecular flexibility index (Phi) is 16.6. The molecule has 1 aliphatic rings. The van der Waals surface area contributed by atoms with Crippen LogP contribution in [0.2, 0.25) is 0 Å². The number of unbranched alkanes of at least 4 members (excludes halogenated alkanes) is 11. The van der Waals surface area contributed by atoms with Gasteiger partial charge in [0.1, 0.15) is 6.61 Å². The first-order chi connectivity index (χ1) is 14.6. The average molecular weight is 445 g/mol. The van der Waals surface area contributed by atoms with E-state index in [1.165, 1.54) is 77.7 Å². The number of hydrogen-bond acceptors (Lipinski definition) is 5. The Balaban J connectivity index is 1.83. The molecule has 0 spiro atoms. The molecule has 0 aromatic carbocycles. The summed E-state index contributed by atoms with van der Waals surface area (Å²) in [6, 6.07) is 0. The Morgan fingerprint density at radius 3 is 2.17 bits per heavy atom. The van der Waals surface area contributed by atoms with Gasteiger partial charge in [0.05, 0.1) is 19.4 Å². The molecule has 30 heavy (non-hydrogen) atoms. The van der Waals surface area contributed by atoms with Gasteiger partial charge in [-0.25, -0.2) is 0 Å². The minimum atomic E-state index is -2.89. The fourth-order valence-electron chi connectivity index (χ4n) is 3.67. The van der Waals surface area contributed by atoms with Crippen molar-refractivity contribution in [2.24, 2.45) is 5.92 Å². The van der Waals surface area contributed by atoms with Crippen LogP contribution in [0, 0.1) is 5.92 Å². The SMILES string of the molecule is CCCCCCCC/C=C\CCCCCCCC(=O)COCC1COP(=O)(OC)C1. The van der Waals surface area contributed by atoms with Crippen molar-refractivity contribution in [1.82, 2.24) is 0 Å². The average Bonchev–Trinajstić information content (AvgIpc) is 3.12. The summed E-state index contributed by atoms with van der Waals surface area (Å²) in [7, 11) is -1.48. The van der Waals surface area contributed by atoms with Gasteiger partial charge in [0.25, 0.3) is 0 Å². The maximum Gasteiger partial charge on any atom is 0.330 e. The van der Waals surface area contributed by atoms with Crippen molar-refractivity contribution in [3.63, 3.8) is 0 Å². The highest BCUT2D eigenvalue weighted by Crippen LogP contribution is 2.53. The van der Waals surface area contributed by atoms with Crippen molar-refractivity contribution in [2.45, 2.75) is 96.8 Å². The van der Waals surface area contributed by atoms with Gasteiger partial charge in [-0.15, -0.1) is 0 Å². The third kappa shape index (κ3) is 14.5. The van der Waals surface area contributed by atoms with Crippen LogP contribution >= 0.6 is 7.60 Å². The topological polar surface area (TPSA) is 61.8 Å². The number of Topliss-reactive ketones (excluding diaryl/α,β-unsaturated/α-hetero) is 1. The van der Waals surface area contributed by atoms with Crippen LogP contribution in [0.25, 0.3) is 0 Å². The van der Waals surface area contributed by atoms with E-state index < -0.39 is 7.60 Å². The second kappa shape index (κ2) is 18.1. The van der Waals surface area contributed by atoms with E-state index in [9.17, 15) is 9.36 Å². The zero-order chi connectivity index (χ0) is 21.9. The Labute approximate surface area is 184 Å². The van der Waals surface area contributed by atoms with Gasteiger partial charge in [-0.1, -0.05) is 70.4 Å². The molecule has 0 bridgehead atoms. The minimum Gasteiger partial charge on any atom is -0.373 e. The molecule has 0 radical (unpaired) electrons. The minimum absolute atomic E-state index is 0.0587. The van der Waals surface area contributed by atoms with Crippen molar-refractivity contribution in [1.29, 1.82) is 0 Å². The number of rotatable bonds is 20. The molecule has 1 fully saturated rings. The molecule has 0 aromatic rings. The monoisotopic (exact) mass is 444 g/mol. The van der Waals surface area contributed by atoms with Crippen LogP contribution in [-0.4, -0.2) is 38.9 Å². The van der Waals surface area contributed by atoms with Crippen LogP contribution in [0.3, 0.4) is 0 Å². The summed E-state index contributed by atoms with van der Waals surface area (Å²) in [6.07, 6.45) is 22.0. The van der Waals surface area contributed by atoms with Crippen molar-refractivity contribution in [2.75, 3.05) is 33.1 Å². The molecule has 176 valence electrons. The zero-order valence-corrected chi connectivity index (χ0v) is 20.3. The summed E-state index contributed by atoms with van der Waals surface area (Å²) < 4.78 is 27.5. The van der Waals surface area contributed by atoms with E-state index >= 15 is 0 Å². The number of carbonyl (C=O) groups excluding carboxylic acids is 1. The molecule has 0 saturated carbocycles. The third-order valence-electron chi connectivity index (χ3n) is 5.60. The van der Waals surface area contributed by atoms with Gasteiger partial charge in [-0.3, -0.25) is 9.36 Å². The second-order valence-electron chi connectivity index (χ2n) is 8.53. The molecule has 1 heterocycles. The van der Waals surface area contributed by atoms with Crippen molar-refractivity contribution in [3.8, 4) is 0 Å². The third-order valence-corrected chi connectivity index (χ3v) is 7.66. The molecule has 1 rings (SSSR count). The van der Waals surface area contributed by atoms with Gasteiger partial charge < -0.3 is 13.8 Å². The van der Waals surface area contributed by atoms with E-state index in [1.54, 1.807) is 0 Å². The van der Waals surface area contributed by atoms with Crippen LogP contribution < -0.4 is 0 Å². The molecule has 0 N–H and O–H groups in total. The van der Waals surface area contributed by atoms with Gasteiger partial charge in [-0.2, -0.15) is 0 Å². The summed E-state index contributed by atoms with van der Waals surface area (Å²) in [6.45, 7) is 3.20. The van der Waals surface area contributed by atoms with Gasteiger partial charge in [0, 0.05) is 19.4 Å². The first-order valence-electron chi connectivity index (χ1n) is 12.1. The maximum atomic E-state index is 11.9. The standard InChI is InChI=1S/C24H45O5P/c1-3-4-5-6-7-8-9-10-11-12-13-14-15-16-17-18-24(25)21-28-19-23-20-29-30(26,22-23)27-2/h10-11,23H,3-9,12-22H2,1-2H3/b11-10-. The first kappa shape index (κ1) is 27.6. The molecular formula is C24H45O5P. The largest absolute Gasteiger partial charge is 0.373 e. The lowest BCUT2D eigenvalue weighted by atomic mass is 10.1. The van der Waals surface area contributed by atoms with Crippen molar-refractivity contribution < 1.29 is 23.1 Å². The number of ketones is 1. The summed E-state index contributed by atoms with van der Waals surface area (Å²) in [4.78, 5) is 11.9. The highest BCUT2D eigenvalue weighted by molar-refractivity contribution is 7.54. The first-order valence-corrected chi connectivity index (χ1v) is 13.9. The van der Waals surface area contributed by atoms with E-state index in [0.29, 0.717) is 25.8 Å². The number of allylic oxidation sites excluding steroid dienone is 2. The molecule has 5 nitrogen and oxygen atoms in total. The number of carbonyl (C=O) groups is 1. The summed E-state index contributed by atoms with van der Waals surface area (Å²) >= 11 is 0. The highest BCUT2D eigenvalue weighted by atomic mass is 31.2. The van der Waals surface area contributed by atoms with E-state index in [-0.39, 0.29) is 18.3 Å². The van der Waals surface area contributed by atoms with Gasteiger partial charge in [0.15, 0.2) is 5.78 Å². The van der Waals surface area contributed by atoms with Crippen LogP contribution in [0.1, 0.15) is 96.8 Å². The predicted molar refractivity (Wildman–Crippen MR) is 124 cm³/mol. The molecular weight excluding hydrogens is 399 g/mol. The Morgan fingerprint density at radius 1 is 0.967 bits per heavy atom. The summed E-state index contributed by atoms with van der Waals surface area (Å²) in [5.74, 6) is 0.213. The molecule has 6 heteroatoms. The summed E-state index contributed by atoms with van der Waals surface area (Å²) in [5, 5.41) is 0. The van der Waals surface area contributed by atoms with E-state index in [2.05, 4.69) is 19.1 Å². The van der Waals surface area contributed by atoms with Gasteiger partial charge >= 0.3 is 7.60 Å². The van der Waals surface area contributed by atoms with E-state index in [0.717, 1.165) is 12.8 Å². The zero-order valence-electron chi connectivity index (χ0n) is 19.4. The smallest absolute Gasteiger partial charge is 0.330 e. The molecule has 2 unspecified atom stereocenters. The summed E-state index contributed by atoms with van der Waals surface area (Å²) in [5.41, 5.74) is 0. The lowest BCUT2D eigenvalue weighted by Gasteiger charge is -2.08. The highest BCUT2D eigenvalue weighted by Gasteiger charge is 2.35. The quantitative estimate of drug-likeness (QED) is 0.114. The normalized spacial score (nSPS) is 21.6. The molecule has 0 aromatic heterocycles. The Morgan fingerprint density at radius 2 is 1.57 bits per heavy atom. The van der Waals surface area contributed by atoms with E-state index in [1.807, 2.05) is 0 Å². The fourth-order valence-corrected chi connectivity index (χ4v) is 5.31. The molecule has 0 aliphatic carbocycles. The number of ether oxygens (including phenoxy) is 1. The molecule has 1 aliphatic heterocycles. The molecule has 0 amide bonds. The predicted octanol–water partition coefficient (Wildman–Crippen LogP) is 7.10. The fraction of sp³-hybridized carbons (Fsp3) is 0.875. The Bertz CT molecular complexity index is 506. The lowest BCUT2D eigenvalue weighted by Crippen LogP contribution is -2.16. The van der Waals surface area contributed by atoms with E-state index in [4.69, 9.17) is 13.8 Å². The van der Waals surface area contributed by atoms with Gasteiger partial charge in [-0.05, 0) is 32.1 Å². The molecule has 2 atom stereocenters. The van der Waals surface area contributed by atoms with Crippen LogP contribution in [0.5, 0.6) is 0 Å². The van der Waals surface area contributed by atoms with Crippen LogP contribution in [0.4, 0.5) is 0 Å². The number of hydrogen-bond donors (Lipinski definition) is 0. The van der Waals surface area contributed by atoms with Crippen LogP contribution in [0.15, 0.2) is 12.2 Å². The molecule has 1 saturated heterocycles. The van der Waals surface area contributed by atoms with Crippen molar-refractivity contribution in [3.05, 3.63) is 12.2 Å². The van der Waals surface area contributed by atoms with Crippen molar-refractivity contribution >= 4 is 13.4 Å². The van der Waals surface area contributed by atoms with Gasteiger partial charge in [0.2, 0.25) is 0 Å². The second-order valence-corrected chi connectivity index (χ2v) is 10.7.